The number of alkyl halides is 6. The molecule has 1 N–H and O–H groups in total. The molecule has 1 aliphatic rings. The summed E-state index contributed by atoms with van der Waals surface area (Å²) >= 11 is 5.94. The highest BCUT2D eigenvalue weighted by atomic mass is 35.5. The molecule has 0 bridgehead atoms. The van der Waals surface area contributed by atoms with Crippen LogP contribution in [0, 0.1) is 0 Å². The van der Waals surface area contributed by atoms with E-state index in [1.165, 1.54) is 9.80 Å². The summed E-state index contributed by atoms with van der Waals surface area (Å²) in [6, 6.07) is 5.89. The fraction of sp³-hybridized carbons (Fsp3) is 0.423. The molecule has 3 rings (SSSR count). The first-order valence-electron chi connectivity index (χ1n) is 12.0. The van der Waals surface area contributed by atoms with Crippen LogP contribution in [0.5, 0.6) is 0 Å². The number of carboxylic acids is 1. The number of likely N-dealkylation sites (tertiary alicyclic amines) is 1. The van der Waals surface area contributed by atoms with Crippen molar-refractivity contribution < 1.29 is 50.6 Å². The van der Waals surface area contributed by atoms with Crippen LogP contribution < -0.4 is 0 Å². The molecule has 2 aromatic rings. The van der Waals surface area contributed by atoms with Gasteiger partial charge in [0, 0.05) is 29.2 Å². The predicted molar refractivity (Wildman–Crippen MR) is 131 cm³/mol. The number of halogens is 7. The summed E-state index contributed by atoms with van der Waals surface area (Å²) in [5.41, 5.74) is -3.33. The molecule has 1 aliphatic heterocycles. The van der Waals surface area contributed by atoms with E-state index >= 15 is 0 Å². The highest BCUT2D eigenvalue weighted by Crippen LogP contribution is 2.37. The highest BCUT2D eigenvalue weighted by Gasteiger charge is 2.40. The number of hydrogen-bond acceptors (Lipinski definition) is 5. The van der Waals surface area contributed by atoms with E-state index in [4.69, 9.17) is 11.6 Å². The van der Waals surface area contributed by atoms with Crippen LogP contribution in [0.3, 0.4) is 0 Å². The van der Waals surface area contributed by atoms with Gasteiger partial charge in [0.15, 0.2) is 0 Å². The van der Waals surface area contributed by atoms with Crippen LogP contribution in [0.1, 0.15) is 39.9 Å². The zero-order valence-electron chi connectivity index (χ0n) is 21.1. The van der Waals surface area contributed by atoms with Crippen LogP contribution >= 0.6 is 11.6 Å². The monoisotopic (exact) mass is 594 g/mol. The number of benzene rings is 2. The van der Waals surface area contributed by atoms with E-state index in [1.54, 1.807) is 24.3 Å². The van der Waals surface area contributed by atoms with Gasteiger partial charge in [-0.05, 0) is 55.2 Å². The molecule has 2 atom stereocenters. The fourth-order valence-corrected chi connectivity index (χ4v) is 4.80. The molecule has 0 aliphatic carbocycles. The second-order valence-corrected chi connectivity index (χ2v) is 9.77. The van der Waals surface area contributed by atoms with Crippen molar-refractivity contribution in [3.8, 4) is 0 Å². The molecule has 1 saturated heterocycles. The lowest BCUT2D eigenvalue weighted by atomic mass is 9.90. The Labute approximate surface area is 230 Å². The Bertz CT molecular complexity index is 1200. The molecule has 1 heterocycles. The number of esters is 1. The van der Waals surface area contributed by atoms with E-state index in [1.807, 2.05) is 0 Å². The van der Waals surface area contributed by atoms with Crippen LogP contribution in [-0.2, 0) is 33.1 Å². The Hall–Kier alpha value is -3.32. The van der Waals surface area contributed by atoms with Gasteiger partial charge in [0.25, 0.3) is 5.91 Å². The summed E-state index contributed by atoms with van der Waals surface area (Å²) in [5.74, 6) is -2.95. The van der Waals surface area contributed by atoms with Crippen LogP contribution in [0.4, 0.5) is 26.3 Å². The zero-order valence-corrected chi connectivity index (χ0v) is 21.8. The van der Waals surface area contributed by atoms with Crippen LogP contribution in [-0.4, -0.2) is 71.6 Å². The summed E-state index contributed by atoms with van der Waals surface area (Å²) < 4.78 is 85.2. The molecule has 7 nitrogen and oxygen atoms in total. The van der Waals surface area contributed by atoms with Gasteiger partial charge in [-0.3, -0.25) is 19.3 Å². The number of amides is 1. The number of rotatable bonds is 8. The number of carbonyl (C=O) groups excluding carboxylic acids is 2. The molecule has 2 aromatic carbocycles. The van der Waals surface area contributed by atoms with E-state index in [2.05, 4.69) is 4.74 Å². The maximum absolute atomic E-state index is 13.5. The quantitative estimate of drug-likeness (QED) is 0.336. The number of hydrogen-bond donors (Lipinski definition) is 1. The second-order valence-electron chi connectivity index (χ2n) is 9.33. The molecule has 1 amide bonds. The van der Waals surface area contributed by atoms with Gasteiger partial charge in [-0.2, -0.15) is 26.3 Å². The van der Waals surface area contributed by atoms with Crippen molar-refractivity contribution in [2.45, 2.75) is 43.7 Å². The largest absolute Gasteiger partial charge is 0.480 e. The molecule has 0 saturated carbocycles. The average Bonchev–Trinajstić information content (AvgIpc) is 2.87. The minimum Gasteiger partial charge on any atom is -0.480 e. The number of carbonyl (C=O) groups is 3. The van der Waals surface area contributed by atoms with Crippen LogP contribution in [0.15, 0.2) is 42.5 Å². The van der Waals surface area contributed by atoms with E-state index < -0.39 is 65.5 Å². The zero-order chi connectivity index (χ0) is 29.8. The first-order valence-corrected chi connectivity index (χ1v) is 12.3. The molecule has 0 radical (unpaired) electrons. The molecule has 1 fully saturated rings. The molecular weight excluding hydrogens is 570 g/mol. The number of piperidine rings is 1. The number of carboxylic acid groups (broad SMARTS) is 1. The summed E-state index contributed by atoms with van der Waals surface area (Å²) in [6.45, 7) is -1.00. The average molecular weight is 595 g/mol. The van der Waals surface area contributed by atoms with Gasteiger partial charge in [0.2, 0.25) is 0 Å². The second kappa shape index (κ2) is 12.5. The minimum atomic E-state index is -5.13. The summed E-state index contributed by atoms with van der Waals surface area (Å²) in [6.07, 6.45) is -9.92. The molecule has 14 heteroatoms. The predicted octanol–water partition coefficient (Wildman–Crippen LogP) is 5.15. The van der Waals surface area contributed by atoms with Crippen molar-refractivity contribution in [1.82, 2.24) is 9.80 Å². The number of methoxy groups -OCH3 is 1. The molecular formula is C26H25ClF6N2O5. The Balaban J connectivity index is 2.00. The molecule has 40 heavy (non-hydrogen) atoms. The highest BCUT2D eigenvalue weighted by molar-refractivity contribution is 6.30. The third kappa shape index (κ3) is 8.10. The fourth-order valence-electron chi connectivity index (χ4n) is 4.68. The van der Waals surface area contributed by atoms with Gasteiger partial charge in [-0.15, -0.1) is 0 Å². The maximum atomic E-state index is 13.5. The standard InChI is InChI=1S/C26H25ClF6N2O5/c1-40-23(38)14-34(13-22(36)37)20-6-7-35(21(12-20)8-15-2-4-19(27)5-3-15)24(39)16-9-17(25(28,29)30)11-18(10-16)26(31,32)33/h2-5,9-11,20-21H,6-8,12-14H2,1H3,(H,36,37)/t20-,21+/m0/s1. The van der Waals surface area contributed by atoms with Crippen molar-refractivity contribution in [1.29, 1.82) is 0 Å². The summed E-state index contributed by atoms with van der Waals surface area (Å²) in [5, 5.41) is 9.77. The van der Waals surface area contributed by atoms with Gasteiger partial charge in [-0.1, -0.05) is 23.7 Å². The normalized spacial score (nSPS) is 18.1. The summed E-state index contributed by atoms with van der Waals surface area (Å²) in [7, 11) is 1.14. The topological polar surface area (TPSA) is 87.2 Å². The van der Waals surface area contributed by atoms with E-state index in [0.29, 0.717) is 22.7 Å². The van der Waals surface area contributed by atoms with Crippen molar-refractivity contribution in [2.24, 2.45) is 0 Å². The lowest BCUT2D eigenvalue weighted by molar-refractivity contribution is -0.146. The molecule has 0 unspecified atom stereocenters. The third-order valence-corrected chi connectivity index (χ3v) is 6.83. The minimum absolute atomic E-state index is 0.0508. The van der Waals surface area contributed by atoms with E-state index in [9.17, 15) is 45.8 Å². The van der Waals surface area contributed by atoms with Gasteiger partial charge < -0.3 is 14.7 Å². The van der Waals surface area contributed by atoms with Gasteiger partial charge in [-0.25, -0.2) is 0 Å². The number of ether oxygens (including phenoxy) is 1. The molecule has 218 valence electrons. The van der Waals surface area contributed by atoms with Gasteiger partial charge in [0.05, 0.1) is 31.3 Å². The van der Waals surface area contributed by atoms with Crippen molar-refractivity contribution >= 4 is 29.4 Å². The van der Waals surface area contributed by atoms with Crippen molar-refractivity contribution in [2.75, 3.05) is 26.7 Å². The Morgan fingerprint density at radius 3 is 2.08 bits per heavy atom. The van der Waals surface area contributed by atoms with Crippen molar-refractivity contribution in [3.05, 3.63) is 69.7 Å². The van der Waals surface area contributed by atoms with E-state index in [0.717, 1.165) is 7.11 Å². The van der Waals surface area contributed by atoms with E-state index in [-0.39, 0.29) is 38.4 Å². The lowest BCUT2D eigenvalue weighted by Gasteiger charge is -2.43. The lowest BCUT2D eigenvalue weighted by Crippen LogP contribution is -2.54. The van der Waals surface area contributed by atoms with Gasteiger partial charge >= 0.3 is 24.3 Å². The Morgan fingerprint density at radius 1 is 1.00 bits per heavy atom. The SMILES string of the molecule is COC(=O)CN(CC(=O)O)[C@H]1CCN(C(=O)c2cc(C(F)(F)F)cc(C(F)(F)F)c2)[C@H](Cc2ccc(Cl)cc2)C1. The summed E-state index contributed by atoms with van der Waals surface area (Å²) in [4.78, 5) is 39.4. The van der Waals surface area contributed by atoms with Crippen molar-refractivity contribution in [3.63, 3.8) is 0 Å². The third-order valence-electron chi connectivity index (χ3n) is 6.58. The smallest absolute Gasteiger partial charge is 0.416 e. The first-order chi connectivity index (χ1) is 18.6. The maximum Gasteiger partial charge on any atom is 0.416 e. The number of aliphatic carboxylic acids is 1. The van der Waals surface area contributed by atoms with Crippen LogP contribution in [0.25, 0.3) is 0 Å². The Kier molecular flexibility index (Phi) is 9.72. The molecule has 0 aromatic heterocycles. The Morgan fingerprint density at radius 2 is 1.57 bits per heavy atom. The molecule has 0 spiro atoms. The van der Waals surface area contributed by atoms with Gasteiger partial charge in [0.1, 0.15) is 0 Å². The first kappa shape index (κ1) is 31.2. The van der Waals surface area contributed by atoms with Crippen LogP contribution in [0.2, 0.25) is 5.02 Å². The number of nitrogens with zero attached hydrogens (tertiary/aromatic N) is 2.